The number of nitrogens with zero attached hydrogens (tertiary/aromatic N) is 1. The van der Waals surface area contributed by atoms with Crippen LogP contribution in [0.5, 0.6) is 11.5 Å². The van der Waals surface area contributed by atoms with Crippen molar-refractivity contribution in [1.29, 1.82) is 5.26 Å². The first kappa shape index (κ1) is 15.0. The number of nitriles is 1. The Morgan fingerprint density at radius 1 is 1.14 bits per heavy atom. The van der Waals surface area contributed by atoms with E-state index < -0.39 is 17.4 Å². The van der Waals surface area contributed by atoms with E-state index in [1.165, 1.54) is 0 Å². The maximum Gasteiger partial charge on any atom is 0.198 e. The molecular weight excluding hydrogens is 272 g/mol. The average Bonchev–Trinajstić information content (AvgIpc) is 2.50. The standard InChI is InChI=1S/C17H15F2NO/c1-3-11(2)13-4-6-14(7-5-13)21-17-15(18)8-12(10-20)9-16(17)19/h4-9,11H,3H2,1-2H3. The molecule has 4 heteroatoms. The molecule has 2 aromatic carbocycles. The second-order valence-electron chi connectivity index (χ2n) is 4.86. The minimum absolute atomic E-state index is 0.0792. The molecule has 0 fully saturated rings. The van der Waals surface area contributed by atoms with Crippen molar-refractivity contribution in [2.45, 2.75) is 26.2 Å². The molecule has 0 aliphatic heterocycles. The predicted molar refractivity (Wildman–Crippen MR) is 76.3 cm³/mol. The fraction of sp³-hybridized carbons (Fsp3) is 0.235. The molecule has 1 unspecified atom stereocenters. The van der Waals surface area contributed by atoms with Crippen LogP contribution in [0.3, 0.4) is 0 Å². The third kappa shape index (κ3) is 3.38. The zero-order valence-corrected chi connectivity index (χ0v) is 11.9. The van der Waals surface area contributed by atoms with Gasteiger partial charge in [0.15, 0.2) is 17.4 Å². The van der Waals surface area contributed by atoms with Crippen molar-refractivity contribution in [3.63, 3.8) is 0 Å². The van der Waals surface area contributed by atoms with Crippen LogP contribution in [0.4, 0.5) is 8.78 Å². The van der Waals surface area contributed by atoms with Gasteiger partial charge in [0.2, 0.25) is 0 Å². The highest BCUT2D eigenvalue weighted by Crippen LogP contribution is 2.29. The SMILES string of the molecule is CCC(C)c1ccc(Oc2c(F)cc(C#N)cc2F)cc1. The summed E-state index contributed by atoms with van der Waals surface area (Å²) in [5.74, 6) is -1.51. The first-order valence-corrected chi connectivity index (χ1v) is 6.72. The lowest BCUT2D eigenvalue weighted by Crippen LogP contribution is -1.95. The molecule has 0 amide bonds. The molecule has 0 radical (unpaired) electrons. The van der Waals surface area contributed by atoms with Gasteiger partial charge in [-0.15, -0.1) is 0 Å². The van der Waals surface area contributed by atoms with E-state index in [9.17, 15) is 8.78 Å². The van der Waals surface area contributed by atoms with E-state index in [1.54, 1.807) is 18.2 Å². The number of ether oxygens (including phenoxy) is 1. The molecule has 108 valence electrons. The highest BCUT2D eigenvalue weighted by Gasteiger charge is 2.14. The first-order valence-electron chi connectivity index (χ1n) is 6.72. The third-order valence-electron chi connectivity index (χ3n) is 3.41. The van der Waals surface area contributed by atoms with E-state index in [-0.39, 0.29) is 5.56 Å². The molecule has 0 saturated carbocycles. The fourth-order valence-electron chi connectivity index (χ4n) is 1.94. The van der Waals surface area contributed by atoms with E-state index in [0.29, 0.717) is 11.7 Å². The summed E-state index contributed by atoms with van der Waals surface area (Å²) in [4.78, 5) is 0. The minimum Gasteiger partial charge on any atom is -0.451 e. The first-order chi connectivity index (χ1) is 10.0. The monoisotopic (exact) mass is 287 g/mol. The highest BCUT2D eigenvalue weighted by atomic mass is 19.1. The molecule has 2 aromatic rings. The Morgan fingerprint density at radius 3 is 2.19 bits per heavy atom. The second-order valence-corrected chi connectivity index (χ2v) is 4.86. The molecule has 2 nitrogen and oxygen atoms in total. The van der Waals surface area contributed by atoms with E-state index in [1.807, 2.05) is 12.1 Å². The predicted octanol–water partition coefficient (Wildman–Crippen LogP) is 5.14. The van der Waals surface area contributed by atoms with Crippen LogP contribution in [0.2, 0.25) is 0 Å². The van der Waals surface area contributed by atoms with Crippen LogP contribution in [0.25, 0.3) is 0 Å². The Morgan fingerprint density at radius 2 is 1.71 bits per heavy atom. The summed E-state index contributed by atoms with van der Waals surface area (Å²) < 4.78 is 32.7. The maximum absolute atomic E-state index is 13.7. The van der Waals surface area contributed by atoms with Gasteiger partial charge in [0, 0.05) is 0 Å². The van der Waals surface area contributed by atoms with Crippen LogP contribution in [0.1, 0.15) is 37.3 Å². The molecule has 21 heavy (non-hydrogen) atoms. The quantitative estimate of drug-likeness (QED) is 0.779. The van der Waals surface area contributed by atoms with Gasteiger partial charge in [0.1, 0.15) is 5.75 Å². The van der Waals surface area contributed by atoms with Crippen molar-refractivity contribution in [1.82, 2.24) is 0 Å². The smallest absolute Gasteiger partial charge is 0.198 e. The average molecular weight is 287 g/mol. The number of hydrogen-bond acceptors (Lipinski definition) is 2. The molecule has 1 atom stereocenters. The Hall–Kier alpha value is -2.41. The van der Waals surface area contributed by atoms with E-state index in [2.05, 4.69) is 13.8 Å². The van der Waals surface area contributed by atoms with Crippen molar-refractivity contribution in [3.8, 4) is 17.6 Å². The minimum atomic E-state index is -0.891. The molecule has 0 spiro atoms. The summed E-state index contributed by atoms with van der Waals surface area (Å²) in [6.07, 6.45) is 1.01. The van der Waals surface area contributed by atoms with Crippen molar-refractivity contribution in [2.24, 2.45) is 0 Å². The van der Waals surface area contributed by atoms with Crippen molar-refractivity contribution < 1.29 is 13.5 Å². The molecule has 0 N–H and O–H groups in total. The van der Waals surface area contributed by atoms with Crippen molar-refractivity contribution in [2.75, 3.05) is 0 Å². The van der Waals surface area contributed by atoms with Crippen LogP contribution in [-0.4, -0.2) is 0 Å². The largest absolute Gasteiger partial charge is 0.451 e. The topological polar surface area (TPSA) is 33.0 Å². The van der Waals surface area contributed by atoms with Gasteiger partial charge in [-0.1, -0.05) is 26.0 Å². The van der Waals surface area contributed by atoms with Gasteiger partial charge < -0.3 is 4.74 Å². The van der Waals surface area contributed by atoms with Gasteiger partial charge in [-0.3, -0.25) is 0 Å². The van der Waals surface area contributed by atoms with E-state index in [0.717, 1.165) is 24.1 Å². The summed E-state index contributed by atoms with van der Waals surface area (Å²) in [5.41, 5.74) is 1.06. The normalized spacial score (nSPS) is 11.8. The molecule has 2 rings (SSSR count). The van der Waals surface area contributed by atoms with E-state index in [4.69, 9.17) is 10.00 Å². The lowest BCUT2D eigenvalue weighted by atomic mass is 9.99. The van der Waals surface area contributed by atoms with Crippen LogP contribution >= 0.6 is 0 Å². The molecule has 0 aromatic heterocycles. The Labute approximate surface area is 122 Å². The number of rotatable bonds is 4. The van der Waals surface area contributed by atoms with Gasteiger partial charge in [0.25, 0.3) is 0 Å². The number of hydrogen-bond donors (Lipinski definition) is 0. The van der Waals surface area contributed by atoms with Crippen molar-refractivity contribution in [3.05, 3.63) is 59.2 Å². The molecule has 0 aliphatic rings. The zero-order valence-electron chi connectivity index (χ0n) is 11.9. The number of benzene rings is 2. The lowest BCUT2D eigenvalue weighted by Gasteiger charge is -2.11. The second kappa shape index (κ2) is 6.36. The summed E-state index contributed by atoms with van der Waals surface area (Å²) in [7, 11) is 0. The van der Waals surface area contributed by atoms with Gasteiger partial charge in [-0.25, -0.2) is 8.78 Å². The van der Waals surface area contributed by atoms with Crippen LogP contribution in [0, 0.1) is 23.0 Å². The van der Waals surface area contributed by atoms with E-state index >= 15 is 0 Å². The Bertz CT molecular complexity index is 651. The van der Waals surface area contributed by atoms with Crippen molar-refractivity contribution >= 4 is 0 Å². The maximum atomic E-state index is 13.7. The van der Waals surface area contributed by atoms with Gasteiger partial charge >= 0.3 is 0 Å². The van der Waals surface area contributed by atoms with Gasteiger partial charge in [-0.05, 0) is 42.2 Å². The van der Waals surface area contributed by atoms with Crippen LogP contribution < -0.4 is 4.74 Å². The summed E-state index contributed by atoms with van der Waals surface area (Å²) in [6.45, 7) is 4.20. The van der Waals surface area contributed by atoms with Crippen LogP contribution in [-0.2, 0) is 0 Å². The molecule has 0 saturated heterocycles. The molecule has 0 bridgehead atoms. The van der Waals surface area contributed by atoms with Gasteiger partial charge in [-0.2, -0.15) is 5.26 Å². The summed E-state index contributed by atoms with van der Waals surface area (Å²) in [5, 5.41) is 8.65. The Balaban J connectivity index is 2.25. The highest BCUT2D eigenvalue weighted by molar-refractivity contribution is 5.40. The summed E-state index contributed by atoms with van der Waals surface area (Å²) in [6, 6.07) is 10.7. The molecular formula is C17H15F2NO. The fourth-order valence-corrected chi connectivity index (χ4v) is 1.94. The molecule has 0 heterocycles. The zero-order chi connectivity index (χ0) is 15.4. The molecule has 0 aliphatic carbocycles. The summed E-state index contributed by atoms with van der Waals surface area (Å²) >= 11 is 0. The van der Waals surface area contributed by atoms with Crippen LogP contribution in [0.15, 0.2) is 36.4 Å². The lowest BCUT2D eigenvalue weighted by molar-refractivity contribution is 0.407. The Kier molecular flexibility index (Phi) is 4.54. The number of halogens is 2. The van der Waals surface area contributed by atoms with Gasteiger partial charge in [0.05, 0.1) is 11.6 Å². The third-order valence-corrected chi connectivity index (χ3v) is 3.41.